The molecular weight excluding hydrogens is 340 g/mol. The highest BCUT2D eigenvalue weighted by molar-refractivity contribution is 5.90. The Morgan fingerprint density at radius 1 is 0.667 bits per heavy atom. The molecule has 0 spiro atoms. The van der Waals surface area contributed by atoms with Gasteiger partial charge in [-0.05, 0) is 35.4 Å². The molecule has 0 fully saturated rings. The SMILES string of the molecule is O=C(O[C@@H]1Cc2ccccc2[C@@H]1OC(=O)c1ccccc1)c1ccccc1. The van der Waals surface area contributed by atoms with Crippen LogP contribution in [0.2, 0.25) is 0 Å². The minimum Gasteiger partial charge on any atom is -0.454 e. The van der Waals surface area contributed by atoms with Crippen LogP contribution in [-0.4, -0.2) is 18.0 Å². The van der Waals surface area contributed by atoms with E-state index in [2.05, 4.69) is 0 Å². The molecule has 0 bridgehead atoms. The molecule has 3 aromatic carbocycles. The average Bonchev–Trinajstić information content (AvgIpc) is 3.06. The smallest absolute Gasteiger partial charge is 0.338 e. The monoisotopic (exact) mass is 358 g/mol. The molecule has 3 aromatic rings. The van der Waals surface area contributed by atoms with Crippen molar-refractivity contribution in [2.45, 2.75) is 18.6 Å². The van der Waals surface area contributed by atoms with Gasteiger partial charge in [-0.1, -0.05) is 60.7 Å². The van der Waals surface area contributed by atoms with Gasteiger partial charge in [-0.3, -0.25) is 0 Å². The number of hydrogen-bond donors (Lipinski definition) is 0. The maximum atomic E-state index is 12.5. The lowest BCUT2D eigenvalue weighted by Gasteiger charge is -2.21. The molecule has 134 valence electrons. The van der Waals surface area contributed by atoms with Crippen molar-refractivity contribution in [2.75, 3.05) is 0 Å². The topological polar surface area (TPSA) is 52.6 Å². The van der Waals surface area contributed by atoms with E-state index in [0.717, 1.165) is 11.1 Å². The van der Waals surface area contributed by atoms with Crippen molar-refractivity contribution < 1.29 is 19.1 Å². The second-order valence-electron chi connectivity index (χ2n) is 6.40. The van der Waals surface area contributed by atoms with Crippen LogP contribution in [0.3, 0.4) is 0 Å². The first-order valence-corrected chi connectivity index (χ1v) is 8.82. The summed E-state index contributed by atoms with van der Waals surface area (Å²) in [6.45, 7) is 0. The Labute approximate surface area is 157 Å². The number of ether oxygens (including phenoxy) is 2. The number of esters is 2. The zero-order chi connectivity index (χ0) is 18.6. The third-order valence-corrected chi connectivity index (χ3v) is 4.63. The van der Waals surface area contributed by atoms with Crippen LogP contribution in [-0.2, 0) is 15.9 Å². The Kier molecular flexibility index (Phi) is 4.71. The molecule has 0 saturated heterocycles. The first-order valence-electron chi connectivity index (χ1n) is 8.82. The van der Waals surface area contributed by atoms with Crippen LogP contribution in [0.25, 0.3) is 0 Å². The third kappa shape index (κ3) is 3.60. The Bertz CT molecular complexity index is 950. The fraction of sp³-hybridized carbons (Fsp3) is 0.130. The lowest BCUT2D eigenvalue weighted by molar-refractivity contribution is -0.0301. The molecule has 0 unspecified atom stereocenters. The molecule has 27 heavy (non-hydrogen) atoms. The second-order valence-corrected chi connectivity index (χ2v) is 6.40. The van der Waals surface area contributed by atoms with Crippen molar-refractivity contribution >= 4 is 11.9 Å². The van der Waals surface area contributed by atoms with E-state index in [1.807, 2.05) is 36.4 Å². The molecule has 1 aliphatic carbocycles. The highest BCUT2D eigenvalue weighted by atomic mass is 16.6. The van der Waals surface area contributed by atoms with Gasteiger partial charge in [0.2, 0.25) is 0 Å². The van der Waals surface area contributed by atoms with Crippen LogP contribution in [0, 0.1) is 0 Å². The highest BCUT2D eigenvalue weighted by Crippen LogP contribution is 2.37. The number of hydrogen-bond acceptors (Lipinski definition) is 4. The van der Waals surface area contributed by atoms with Crippen LogP contribution in [0.5, 0.6) is 0 Å². The molecule has 0 aliphatic heterocycles. The number of carbonyl (C=O) groups is 2. The van der Waals surface area contributed by atoms with E-state index in [1.54, 1.807) is 48.5 Å². The summed E-state index contributed by atoms with van der Waals surface area (Å²) in [5.41, 5.74) is 2.85. The maximum Gasteiger partial charge on any atom is 0.338 e. The van der Waals surface area contributed by atoms with Gasteiger partial charge in [0.1, 0.15) is 6.10 Å². The van der Waals surface area contributed by atoms with E-state index in [9.17, 15) is 9.59 Å². The van der Waals surface area contributed by atoms with Crippen molar-refractivity contribution in [1.29, 1.82) is 0 Å². The summed E-state index contributed by atoms with van der Waals surface area (Å²) in [6.07, 6.45) is -0.661. The standard InChI is InChI=1S/C23H18O4/c24-22(16-9-3-1-4-10-16)26-20-15-18-13-7-8-14-19(18)21(20)27-23(25)17-11-5-2-6-12-17/h1-14,20-21H,15H2/t20-,21+/m1/s1. The van der Waals surface area contributed by atoms with Gasteiger partial charge in [-0.2, -0.15) is 0 Å². The normalized spacial score (nSPS) is 17.8. The van der Waals surface area contributed by atoms with Gasteiger partial charge < -0.3 is 9.47 Å². The molecule has 4 rings (SSSR count). The number of rotatable bonds is 4. The van der Waals surface area contributed by atoms with E-state index in [1.165, 1.54) is 0 Å². The number of fused-ring (bicyclic) bond motifs is 1. The van der Waals surface area contributed by atoms with Crippen LogP contribution < -0.4 is 0 Å². The average molecular weight is 358 g/mol. The minimum atomic E-state index is -0.624. The molecule has 0 heterocycles. The van der Waals surface area contributed by atoms with Crippen LogP contribution in [0.4, 0.5) is 0 Å². The Hall–Kier alpha value is -3.40. The summed E-state index contributed by atoms with van der Waals surface area (Å²) >= 11 is 0. The van der Waals surface area contributed by atoms with Gasteiger partial charge in [0.25, 0.3) is 0 Å². The van der Waals surface area contributed by atoms with Gasteiger partial charge in [-0.25, -0.2) is 9.59 Å². The molecule has 4 heteroatoms. The van der Waals surface area contributed by atoms with Crippen molar-refractivity contribution in [3.05, 3.63) is 107 Å². The van der Waals surface area contributed by atoms with E-state index in [4.69, 9.17) is 9.47 Å². The van der Waals surface area contributed by atoms with Crippen LogP contribution in [0.15, 0.2) is 84.9 Å². The van der Waals surface area contributed by atoms with Gasteiger partial charge >= 0.3 is 11.9 Å². The van der Waals surface area contributed by atoms with Crippen LogP contribution in [0.1, 0.15) is 37.9 Å². The van der Waals surface area contributed by atoms with Crippen molar-refractivity contribution in [3.8, 4) is 0 Å². The van der Waals surface area contributed by atoms with Crippen LogP contribution >= 0.6 is 0 Å². The first kappa shape index (κ1) is 17.0. The van der Waals surface area contributed by atoms with Crippen molar-refractivity contribution in [3.63, 3.8) is 0 Å². The summed E-state index contributed by atoms with van der Waals surface area (Å²) in [7, 11) is 0. The van der Waals surface area contributed by atoms with E-state index < -0.39 is 24.1 Å². The Morgan fingerprint density at radius 2 is 1.19 bits per heavy atom. The molecule has 0 amide bonds. The van der Waals surface area contributed by atoms with Gasteiger partial charge in [0.15, 0.2) is 6.10 Å². The molecule has 4 nitrogen and oxygen atoms in total. The van der Waals surface area contributed by atoms with Gasteiger partial charge in [0.05, 0.1) is 11.1 Å². The molecule has 0 N–H and O–H groups in total. The van der Waals surface area contributed by atoms with Gasteiger partial charge in [-0.15, -0.1) is 0 Å². The van der Waals surface area contributed by atoms with Gasteiger partial charge in [0, 0.05) is 6.42 Å². The summed E-state index contributed by atoms with van der Waals surface area (Å²) in [4.78, 5) is 25.0. The maximum absolute atomic E-state index is 12.5. The van der Waals surface area contributed by atoms with E-state index >= 15 is 0 Å². The second kappa shape index (κ2) is 7.46. The Morgan fingerprint density at radius 3 is 1.81 bits per heavy atom. The quantitative estimate of drug-likeness (QED) is 0.650. The lowest BCUT2D eigenvalue weighted by Crippen LogP contribution is -2.26. The fourth-order valence-electron chi connectivity index (χ4n) is 3.30. The molecule has 2 atom stereocenters. The zero-order valence-corrected chi connectivity index (χ0v) is 14.6. The predicted octanol–water partition coefficient (Wildman–Crippen LogP) is 4.37. The molecular formula is C23H18O4. The summed E-state index contributed by atoms with van der Waals surface area (Å²) < 4.78 is 11.5. The predicted molar refractivity (Wildman–Crippen MR) is 100 cm³/mol. The Balaban J connectivity index is 1.57. The summed E-state index contributed by atoms with van der Waals surface area (Å²) in [6, 6.07) is 25.3. The molecule has 0 aromatic heterocycles. The van der Waals surface area contributed by atoms with E-state index in [0.29, 0.717) is 17.5 Å². The number of benzene rings is 3. The van der Waals surface area contributed by atoms with Crippen molar-refractivity contribution in [1.82, 2.24) is 0 Å². The largest absolute Gasteiger partial charge is 0.454 e. The number of carbonyl (C=O) groups excluding carboxylic acids is 2. The molecule has 0 radical (unpaired) electrons. The first-order chi connectivity index (χ1) is 13.2. The molecule has 1 aliphatic rings. The van der Waals surface area contributed by atoms with Crippen molar-refractivity contribution in [2.24, 2.45) is 0 Å². The fourth-order valence-corrected chi connectivity index (χ4v) is 3.30. The lowest BCUT2D eigenvalue weighted by atomic mass is 10.1. The zero-order valence-electron chi connectivity index (χ0n) is 14.6. The summed E-state index contributed by atoms with van der Waals surface area (Å²) in [5.74, 6) is -0.854. The van der Waals surface area contributed by atoms with E-state index in [-0.39, 0.29) is 0 Å². The third-order valence-electron chi connectivity index (χ3n) is 4.63. The minimum absolute atomic E-state index is 0.422. The highest BCUT2D eigenvalue weighted by Gasteiger charge is 2.38. The molecule has 0 saturated carbocycles. The summed E-state index contributed by atoms with van der Waals surface area (Å²) in [5, 5.41) is 0.